The van der Waals surface area contributed by atoms with E-state index >= 15 is 0 Å². The number of nitrogens with one attached hydrogen (secondary N) is 1. The van der Waals surface area contributed by atoms with Crippen molar-refractivity contribution in [3.63, 3.8) is 0 Å². The number of carbonyl (C=O) groups is 1. The summed E-state index contributed by atoms with van der Waals surface area (Å²) in [5.74, 6) is -0.0104. The van der Waals surface area contributed by atoms with E-state index in [1.807, 2.05) is 35.8 Å². The van der Waals surface area contributed by atoms with Gasteiger partial charge in [-0.15, -0.1) is 11.3 Å². The topological polar surface area (TPSA) is 63.1 Å². The van der Waals surface area contributed by atoms with Crippen molar-refractivity contribution in [1.82, 2.24) is 14.8 Å². The van der Waals surface area contributed by atoms with E-state index in [9.17, 15) is 4.79 Å². The second-order valence-electron chi connectivity index (χ2n) is 6.21. The van der Waals surface area contributed by atoms with Gasteiger partial charge in [0.15, 0.2) is 5.13 Å². The fourth-order valence-electron chi connectivity index (χ4n) is 3.14. The first kappa shape index (κ1) is 17.1. The fraction of sp³-hybridized carbons (Fsp3) is 0.278. The van der Waals surface area contributed by atoms with Crippen molar-refractivity contribution >= 4 is 39.7 Å². The predicted octanol–water partition coefficient (Wildman–Crippen LogP) is 3.65. The minimum Gasteiger partial charge on any atom is -0.336 e. The van der Waals surface area contributed by atoms with Crippen LogP contribution in [0.25, 0.3) is 0 Å². The molecule has 26 heavy (non-hydrogen) atoms. The normalized spacial score (nSPS) is 16.8. The van der Waals surface area contributed by atoms with Crippen LogP contribution in [0, 0.1) is 0 Å². The molecule has 1 aliphatic rings. The highest BCUT2D eigenvalue weighted by molar-refractivity contribution is 7.13. The Kier molecular flexibility index (Phi) is 4.90. The second kappa shape index (κ2) is 7.47. The smallest absolute Gasteiger partial charge is 0.247 e. The largest absolute Gasteiger partial charge is 0.336 e. The van der Waals surface area contributed by atoms with Gasteiger partial charge in [0, 0.05) is 29.3 Å². The maximum Gasteiger partial charge on any atom is 0.247 e. The van der Waals surface area contributed by atoms with E-state index in [2.05, 4.69) is 20.3 Å². The highest BCUT2D eigenvalue weighted by atomic mass is 35.5. The Morgan fingerprint density at radius 1 is 1.35 bits per heavy atom. The monoisotopic (exact) mass is 387 g/mol. The van der Waals surface area contributed by atoms with Crippen molar-refractivity contribution < 1.29 is 4.79 Å². The van der Waals surface area contributed by atoms with Gasteiger partial charge >= 0.3 is 0 Å². The lowest BCUT2D eigenvalue weighted by Gasteiger charge is -2.22. The Balaban J connectivity index is 1.40. The Hall–Kier alpha value is -2.38. The summed E-state index contributed by atoms with van der Waals surface area (Å²) in [7, 11) is 0. The number of amides is 1. The lowest BCUT2D eigenvalue weighted by molar-refractivity contribution is -0.117. The summed E-state index contributed by atoms with van der Waals surface area (Å²) in [6.07, 6.45) is 7.12. The molecule has 3 aromatic rings. The number of rotatable bonds is 5. The Morgan fingerprint density at radius 2 is 2.19 bits per heavy atom. The van der Waals surface area contributed by atoms with E-state index in [0.29, 0.717) is 17.3 Å². The maximum absolute atomic E-state index is 12.7. The molecule has 1 unspecified atom stereocenters. The molecule has 134 valence electrons. The van der Waals surface area contributed by atoms with E-state index in [-0.39, 0.29) is 11.9 Å². The van der Waals surface area contributed by atoms with E-state index in [1.54, 1.807) is 28.4 Å². The minimum atomic E-state index is -0.180. The highest BCUT2D eigenvalue weighted by Gasteiger charge is 2.32. The number of hydrogen-bond donors (Lipinski definition) is 1. The molecule has 8 heteroatoms. The van der Waals surface area contributed by atoms with Crippen molar-refractivity contribution in [2.75, 3.05) is 16.8 Å². The van der Waals surface area contributed by atoms with Crippen molar-refractivity contribution in [3.05, 3.63) is 58.8 Å². The van der Waals surface area contributed by atoms with Gasteiger partial charge in [0.1, 0.15) is 6.04 Å². The zero-order chi connectivity index (χ0) is 17.9. The number of nitrogens with zero attached hydrogens (tertiary/aromatic N) is 4. The van der Waals surface area contributed by atoms with Gasteiger partial charge in [0.25, 0.3) is 0 Å². The molecule has 0 saturated carbocycles. The second-order valence-corrected chi connectivity index (χ2v) is 7.52. The molecule has 0 radical (unpaired) electrons. The summed E-state index contributed by atoms with van der Waals surface area (Å²) in [4.78, 5) is 19.1. The van der Waals surface area contributed by atoms with Crippen LogP contribution in [0.4, 0.5) is 10.8 Å². The quantitative estimate of drug-likeness (QED) is 0.725. The molecule has 0 bridgehead atoms. The van der Waals surface area contributed by atoms with Crippen LogP contribution in [0.5, 0.6) is 0 Å². The average molecular weight is 388 g/mol. The molecule has 0 aliphatic carbocycles. The van der Waals surface area contributed by atoms with Crippen LogP contribution in [0.15, 0.2) is 48.2 Å². The average Bonchev–Trinajstić information content (AvgIpc) is 3.37. The van der Waals surface area contributed by atoms with Crippen molar-refractivity contribution in [3.8, 4) is 0 Å². The predicted molar refractivity (Wildman–Crippen MR) is 104 cm³/mol. The number of aromatic nitrogens is 3. The Bertz CT molecular complexity index is 877. The first-order valence-electron chi connectivity index (χ1n) is 8.43. The molecule has 1 aromatic carbocycles. The first-order valence-corrected chi connectivity index (χ1v) is 9.69. The van der Waals surface area contributed by atoms with Gasteiger partial charge in [0.05, 0.1) is 18.4 Å². The summed E-state index contributed by atoms with van der Waals surface area (Å²) in [5, 5.41) is 10.9. The zero-order valence-electron chi connectivity index (χ0n) is 14.0. The van der Waals surface area contributed by atoms with E-state index in [4.69, 9.17) is 11.6 Å². The molecule has 6 nitrogen and oxygen atoms in total. The van der Waals surface area contributed by atoms with Crippen LogP contribution in [-0.2, 0) is 11.3 Å². The molecule has 0 spiro atoms. The molecule has 1 fully saturated rings. The third-order valence-corrected chi connectivity index (χ3v) is 5.44. The van der Waals surface area contributed by atoms with Crippen molar-refractivity contribution in [2.24, 2.45) is 0 Å². The minimum absolute atomic E-state index is 0.0104. The van der Waals surface area contributed by atoms with Crippen molar-refractivity contribution in [2.45, 2.75) is 25.4 Å². The first-order chi connectivity index (χ1) is 12.7. The molecular formula is C18H18ClN5OS. The van der Waals surface area contributed by atoms with E-state index < -0.39 is 0 Å². The summed E-state index contributed by atoms with van der Waals surface area (Å²) < 4.78 is 1.80. The molecular weight excluding hydrogens is 370 g/mol. The SMILES string of the molecule is O=C(Nc1cnn(Cc2ccc(Cl)cc2)c1)C1CCCN1c1nccs1. The lowest BCUT2D eigenvalue weighted by atomic mass is 10.2. The van der Waals surface area contributed by atoms with E-state index in [1.165, 1.54) is 0 Å². The van der Waals surface area contributed by atoms with E-state index in [0.717, 1.165) is 30.1 Å². The fourth-order valence-corrected chi connectivity index (χ4v) is 3.99. The van der Waals surface area contributed by atoms with Crippen LogP contribution < -0.4 is 10.2 Å². The number of halogens is 1. The summed E-state index contributed by atoms with van der Waals surface area (Å²) in [5.41, 5.74) is 1.80. The zero-order valence-corrected chi connectivity index (χ0v) is 15.6. The van der Waals surface area contributed by atoms with Gasteiger partial charge in [-0.2, -0.15) is 5.10 Å². The molecule has 1 N–H and O–H groups in total. The van der Waals surface area contributed by atoms with Crippen LogP contribution in [0.3, 0.4) is 0 Å². The summed E-state index contributed by atoms with van der Waals surface area (Å²) >= 11 is 7.47. The van der Waals surface area contributed by atoms with Crippen molar-refractivity contribution in [1.29, 1.82) is 0 Å². The third-order valence-electron chi connectivity index (χ3n) is 4.38. The standard InChI is InChI=1S/C18H18ClN5OS/c19-14-5-3-13(4-6-14)11-23-12-15(10-21-23)22-17(25)16-2-1-8-24(16)18-20-7-9-26-18/h3-7,9-10,12,16H,1-2,8,11H2,(H,22,25). The Labute approximate surface area is 160 Å². The van der Waals surface area contributed by atoms with Gasteiger partial charge in [0.2, 0.25) is 5.91 Å². The van der Waals surface area contributed by atoms with Gasteiger partial charge in [-0.3, -0.25) is 9.48 Å². The van der Waals surface area contributed by atoms with Crippen LogP contribution in [0.2, 0.25) is 5.02 Å². The number of thiazole rings is 1. The molecule has 1 saturated heterocycles. The maximum atomic E-state index is 12.7. The Morgan fingerprint density at radius 3 is 2.96 bits per heavy atom. The van der Waals surface area contributed by atoms with Gasteiger partial charge in [-0.25, -0.2) is 4.98 Å². The van der Waals surface area contributed by atoms with Crippen LogP contribution in [-0.4, -0.2) is 33.3 Å². The third kappa shape index (κ3) is 3.73. The number of benzene rings is 1. The summed E-state index contributed by atoms with van der Waals surface area (Å²) in [6.45, 7) is 1.49. The van der Waals surface area contributed by atoms with Gasteiger partial charge in [-0.05, 0) is 30.5 Å². The molecule has 1 amide bonds. The number of hydrogen-bond acceptors (Lipinski definition) is 5. The highest BCUT2D eigenvalue weighted by Crippen LogP contribution is 2.28. The molecule has 1 atom stereocenters. The summed E-state index contributed by atoms with van der Waals surface area (Å²) in [6, 6.07) is 7.47. The molecule has 2 aromatic heterocycles. The van der Waals surface area contributed by atoms with Gasteiger partial charge in [-0.1, -0.05) is 23.7 Å². The molecule has 4 rings (SSSR count). The number of anilines is 2. The van der Waals surface area contributed by atoms with Crippen LogP contribution >= 0.6 is 22.9 Å². The van der Waals surface area contributed by atoms with Crippen LogP contribution in [0.1, 0.15) is 18.4 Å². The number of carbonyl (C=O) groups excluding carboxylic acids is 1. The van der Waals surface area contributed by atoms with Gasteiger partial charge < -0.3 is 10.2 Å². The molecule has 1 aliphatic heterocycles. The lowest BCUT2D eigenvalue weighted by Crippen LogP contribution is -2.39. The molecule has 3 heterocycles.